The van der Waals surface area contributed by atoms with Crippen molar-refractivity contribution < 1.29 is 19.7 Å². The molecule has 27 heavy (non-hydrogen) atoms. The maximum absolute atomic E-state index is 12.1. The van der Waals surface area contributed by atoms with Gasteiger partial charge in [0, 0.05) is 32.3 Å². The number of hydrogen-bond acceptors (Lipinski definition) is 5. The summed E-state index contributed by atoms with van der Waals surface area (Å²) in [4.78, 5) is 12.1. The molecule has 0 radical (unpaired) electrons. The first kappa shape index (κ1) is 20.7. The van der Waals surface area contributed by atoms with Gasteiger partial charge in [0.05, 0.1) is 12.8 Å². The highest BCUT2D eigenvalue weighted by atomic mass is 16.6. The molecule has 1 aromatic carbocycles. The summed E-state index contributed by atoms with van der Waals surface area (Å²) in [6.07, 6.45) is 3.74. The molecule has 4 N–H and O–H groups in total. The highest BCUT2D eigenvalue weighted by molar-refractivity contribution is 5.67. The van der Waals surface area contributed by atoms with E-state index >= 15 is 0 Å². The predicted octanol–water partition coefficient (Wildman–Crippen LogP) is 0.846. The van der Waals surface area contributed by atoms with Crippen molar-refractivity contribution in [2.45, 2.75) is 31.4 Å². The van der Waals surface area contributed by atoms with Crippen molar-refractivity contribution in [2.75, 3.05) is 20.2 Å². The van der Waals surface area contributed by atoms with Crippen LogP contribution in [0.1, 0.15) is 17.7 Å². The standard InChI is InChI=1S/C19H26N4O3.H2O/c1-23-12-9-15(22-23)7-10-21-19(24)26-18-8-11-20-17(18)13-14-3-5-16(25-2)6-4-14;/h3-6,9,12,17-18,20H,7-8,10-11,13H2,1-2H3,(H,21,24);1H2. The third-order valence-electron chi connectivity index (χ3n) is 4.58. The summed E-state index contributed by atoms with van der Waals surface area (Å²) in [5.41, 5.74) is 2.14. The van der Waals surface area contributed by atoms with Crippen molar-refractivity contribution in [2.24, 2.45) is 7.05 Å². The Balaban J connectivity index is 0.00000261. The molecule has 3 rings (SSSR count). The van der Waals surface area contributed by atoms with Crippen LogP contribution in [0, 0.1) is 0 Å². The molecule has 8 nitrogen and oxygen atoms in total. The molecule has 0 aliphatic carbocycles. The molecule has 1 amide bonds. The number of amides is 1. The van der Waals surface area contributed by atoms with E-state index < -0.39 is 0 Å². The zero-order chi connectivity index (χ0) is 18.4. The highest BCUT2D eigenvalue weighted by Gasteiger charge is 2.30. The number of nitrogens with one attached hydrogen (secondary N) is 2. The van der Waals surface area contributed by atoms with E-state index in [4.69, 9.17) is 9.47 Å². The topological polar surface area (TPSA) is 109 Å². The minimum Gasteiger partial charge on any atom is -0.497 e. The Bertz CT molecular complexity index is 717. The zero-order valence-electron chi connectivity index (χ0n) is 15.8. The number of nitrogens with zero attached hydrogens (tertiary/aromatic N) is 2. The van der Waals surface area contributed by atoms with Crippen molar-refractivity contribution in [1.82, 2.24) is 20.4 Å². The lowest BCUT2D eigenvalue weighted by Crippen LogP contribution is -2.38. The third kappa shape index (κ3) is 5.97. The number of benzene rings is 1. The maximum atomic E-state index is 12.1. The summed E-state index contributed by atoms with van der Waals surface area (Å²) < 4.78 is 12.6. The summed E-state index contributed by atoms with van der Waals surface area (Å²) in [7, 11) is 3.53. The van der Waals surface area contributed by atoms with Gasteiger partial charge >= 0.3 is 6.09 Å². The van der Waals surface area contributed by atoms with Gasteiger partial charge in [-0.3, -0.25) is 4.68 Å². The van der Waals surface area contributed by atoms with E-state index in [0.717, 1.165) is 30.8 Å². The molecule has 0 bridgehead atoms. The quantitative estimate of drug-likeness (QED) is 0.744. The molecule has 8 heteroatoms. The van der Waals surface area contributed by atoms with Crippen LogP contribution in [0.4, 0.5) is 4.79 Å². The van der Waals surface area contributed by atoms with Crippen LogP contribution in [-0.2, 0) is 24.6 Å². The second-order valence-corrected chi connectivity index (χ2v) is 6.50. The van der Waals surface area contributed by atoms with Gasteiger partial charge in [0.15, 0.2) is 0 Å². The summed E-state index contributed by atoms with van der Waals surface area (Å²) in [5, 5.41) is 10.5. The van der Waals surface area contributed by atoms with Gasteiger partial charge in [-0.25, -0.2) is 4.79 Å². The number of ether oxygens (including phenoxy) is 2. The molecule has 0 saturated carbocycles. The number of hydrogen-bond donors (Lipinski definition) is 2. The molecule has 2 atom stereocenters. The Labute approximate surface area is 159 Å². The van der Waals surface area contributed by atoms with Crippen molar-refractivity contribution in [1.29, 1.82) is 0 Å². The molecule has 0 spiro atoms. The van der Waals surface area contributed by atoms with Gasteiger partial charge in [-0.1, -0.05) is 12.1 Å². The van der Waals surface area contributed by atoms with Gasteiger partial charge in [0.2, 0.25) is 0 Å². The summed E-state index contributed by atoms with van der Waals surface area (Å²) in [5.74, 6) is 0.841. The smallest absolute Gasteiger partial charge is 0.407 e. The van der Waals surface area contributed by atoms with Crippen molar-refractivity contribution in [3.8, 4) is 5.75 Å². The van der Waals surface area contributed by atoms with Crippen molar-refractivity contribution in [3.63, 3.8) is 0 Å². The van der Waals surface area contributed by atoms with Crippen LogP contribution >= 0.6 is 0 Å². The van der Waals surface area contributed by atoms with Gasteiger partial charge in [0.25, 0.3) is 0 Å². The molecule has 2 unspecified atom stereocenters. The summed E-state index contributed by atoms with van der Waals surface area (Å²) in [6, 6.07) is 10.1. The summed E-state index contributed by atoms with van der Waals surface area (Å²) in [6.45, 7) is 1.37. The lowest BCUT2D eigenvalue weighted by molar-refractivity contribution is 0.0901. The van der Waals surface area contributed by atoms with Gasteiger partial charge in [-0.2, -0.15) is 5.10 Å². The number of aryl methyl sites for hydroxylation is 1. The largest absolute Gasteiger partial charge is 0.497 e. The van der Waals surface area contributed by atoms with E-state index in [1.807, 2.05) is 43.6 Å². The fourth-order valence-corrected chi connectivity index (χ4v) is 3.17. The van der Waals surface area contributed by atoms with Crippen LogP contribution in [0.5, 0.6) is 5.75 Å². The van der Waals surface area contributed by atoms with Gasteiger partial charge in [-0.15, -0.1) is 0 Å². The number of rotatable bonds is 7. The highest BCUT2D eigenvalue weighted by Crippen LogP contribution is 2.18. The van der Waals surface area contributed by atoms with Crippen LogP contribution in [0.15, 0.2) is 36.5 Å². The van der Waals surface area contributed by atoms with Crippen LogP contribution in [0.2, 0.25) is 0 Å². The molecule has 2 aromatic rings. The fraction of sp³-hybridized carbons (Fsp3) is 0.474. The SMILES string of the molecule is COc1ccc(CC2NCCC2OC(=O)NCCc2ccn(C)n2)cc1.O. The first-order valence-electron chi connectivity index (χ1n) is 8.93. The Morgan fingerprint density at radius 2 is 2.11 bits per heavy atom. The molecular weight excluding hydrogens is 348 g/mol. The second kappa shape index (κ2) is 9.94. The van der Waals surface area contributed by atoms with Crippen molar-refractivity contribution >= 4 is 6.09 Å². The summed E-state index contributed by atoms with van der Waals surface area (Å²) >= 11 is 0. The Hall–Kier alpha value is -2.58. The molecule has 1 aliphatic rings. The molecule has 1 saturated heterocycles. The monoisotopic (exact) mass is 376 g/mol. The van der Waals surface area contributed by atoms with Crippen LogP contribution < -0.4 is 15.4 Å². The average molecular weight is 376 g/mol. The molecule has 1 fully saturated rings. The predicted molar refractivity (Wildman–Crippen MR) is 102 cm³/mol. The van der Waals surface area contributed by atoms with Crippen LogP contribution in [0.25, 0.3) is 0 Å². The first-order valence-corrected chi connectivity index (χ1v) is 8.93. The lowest BCUT2D eigenvalue weighted by Gasteiger charge is -2.20. The first-order chi connectivity index (χ1) is 12.6. The Morgan fingerprint density at radius 1 is 1.33 bits per heavy atom. The van der Waals surface area contributed by atoms with Crippen LogP contribution in [0.3, 0.4) is 0 Å². The average Bonchev–Trinajstić information content (AvgIpc) is 3.25. The van der Waals surface area contributed by atoms with E-state index in [1.54, 1.807) is 11.8 Å². The molecule has 1 aromatic heterocycles. The third-order valence-corrected chi connectivity index (χ3v) is 4.58. The molecule has 1 aliphatic heterocycles. The number of aromatic nitrogens is 2. The van der Waals surface area contributed by atoms with E-state index in [9.17, 15) is 4.79 Å². The van der Waals surface area contributed by atoms with E-state index in [2.05, 4.69) is 15.7 Å². The second-order valence-electron chi connectivity index (χ2n) is 6.50. The maximum Gasteiger partial charge on any atom is 0.407 e. The van der Waals surface area contributed by atoms with Crippen LogP contribution in [-0.4, -0.2) is 53.7 Å². The van der Waals surface area contributed by atoms with E-state index in [0.29, 0.717) is 13.0 Å². The van der Waals surface area contributed by atoms with Crippen molar-refractivity contribution in [3.05, 3.63) is 47.8 Å². The Morgan fingerprint density at radius 3 is 2.78 bits per heavy atom. The number of carbonyl (C=O) groups excluding carboxylic acids is 1. The van der Waals surface area contributed by atoms with Gasteiger partial charge in [0.1, 0.15) is 11.9 Å². The molecule has 2 heterocycles. The minimum atomic E-state index is -0.366. The Kier molecular flexibility index (Phi) is 7.63. The van der Waals surface area contributed by atoms with E-state index in [-0.39, 0.29) is 23.7 Å². The molecular formula is C19H28N4O4. The van der Waals surface area contributed by atoms with E-state index in [1.165, 1.54) is 5.56 Å². The number of methoxy groups -OCH3 is 1. The number of alkyl carbamates (subject to hydrolysis) is 1. The van der Waals surface area contributed by atoms with Gasteiger partial charge < -0.3 is 25.6 Å². The normalized spacial score (nSPS) is 18.6. The lowest BCUT2D eigenvalue weighted by atomic mass is 10.0. The number of carbonyl (C=O) groups is 1. The van der Waals surface area contributed by atoms with Gasteiger partial charge in [-0.05, 0) is 43.1 Å². The zero-order valence-corrected chi connectivity index (χ0v) is 15.8. The minimum absolute atomic E-state index is 0. The molecule has 148 valence electrons. The fourth-order valence-electron chi connectivity index (χ4n) is 3.17.